The zero-order chi connectivity index (χ0) is 20.6. The lowest BCUT2D eigenvalue weighted by atomic mass is 10.1. The van der Waals surface area contributed by atoms with E-state index in [1.54, 1.807) is 29.2 Å². The Balaban J connectivity index is 1.63. The first-order chi connectivity index (χ1) is 14.1. The summed E-state index contributed by atoms with van der Waals surface area (Å²) in [6.07, 6.45) is 0. The van der Waals surface area contributed by atoms with E-state index in [4.69, 9.17) is 0 Å². The van der Waals surface area contributed by atoms with Crippen LogP contribution < -0.4 is 5.32 Å². The molecule has 0 aromatic heterocycles. The van der Waals surface area contributed by atoms with Gasteiger partial charge in [0.25, 0.3) is 11.8 Å². The molecule has 2 amide bonds. The highest BCUT2D eigenvalue weighted by atomic mass is 16.2. The molecule has 3 aromatic rings. The van der Waals surface area contributed by atoms with Crippen molar-refractivity contribution in [3.8, 4) is 0 Å². The number of carbonyl (C=O) groups excluding carboxylic acids is 2. The van der Waals surface area contributed by atoms with Crippen molar-refractivity contribution in [3.63, 3.8) is 0 Å². The zero-order valence-electron chi connectivity index (χ0n) is 16.9. The van der Waals surface area contributed by atoms with Crippen molar-refractivity contribution in [1.82, 2.24) is 10.2 Å². The van der Waals surface area contributed by atoms with Crippen LogP contribution in [0, 0.1) is 6.92 Å². The molecule has 0 saturated heterocycles. The van der Waals surface area contributed by atoms with E-state index < -0.39 is 0 Å². The molecule has 1 N–H and O–H groups in total. The van der Waals surface area contributed by atoms with Crippen LogP contribution in [0.15, 0.2) is 78.9 Å². The van der Waals surface area contributed by atoms with Crippen LogP contribution in [0.3, 0.4) is 0 Å². The van der Waals surface area contributed by atoms with Crippen LogP contribution in [0.2, 0.25) is 0 Å². The Morgan fingerprint density at radius 3 is 2.10 bits per heavy atom. The van der Waals surface area contributed by atoms with Crippen LogP contribution >= 0.6 is 0 Å². The van der Waals surface area contributed by atoms with Crippen LogP contribution in [-0.4, -0.2) is 23.3 Å². The van der Waals surface area contributed by atoms with Gasteiger partial charge in [-0.3, -0.25) is 9.59 Å². The number of hydrogen-bond acceptors (Lipinski definition) is 2. The summed E-state index contributed by atoms with van der Waals surface area (Å²) in [5, 5.41) is 2.94. The Hall–Kier alpha value is -3.40. The van der Waals surface area contributed by atoms with Gasteiger partial charge < -0.3 is 10.2 Å². The van der Waals surface area contributed by atoms with Gasteiger partial charge in [0.15, 0.2) is 0 Å². The second-order valence-electron chi connectivity index (χ2n) is 6.99. The average Bonchev–Trinajstić information content (AvgIpc) is 2.77. The third-order valence-corrected chi connectivity index (χ3v) is 4.98. The van der Waals surface area contributed by atoms with E-state index in [9.17, 15) is 9.59 Å². The fraction of sp³-hybridized carbons (Fsp3) is 0.200. The van der Waals surface area contributed by atoms with Crippen molar-refractivity contribution in [2.24, 2.45) is 0 Å². The van der Waals surface area contributed by atoms with E-state index in [0.717, 1.165) is 16.7 Å². The standard InChI is InChI=1S/C25H26N2O2/c1-3-27(18-20-10-5-4-6-11-20)25(29)22-15-13-21(14-16-22)24(28)26-17-23-12-8-7-9-19(23)2/h4-16H,3,17-18H2,1-2H3,(H,26,28). The molecular weight excluding hydrogens is 360 g/mol. The molecule has 148 valence electrons. The van der Waals surface area contributed by atoms with Crippen LogP contribution in [0.4, 0.5) is 0 Å². The second kappa shape index (κ2) is 9.69. The predicted octanol–water partition coefficient (Wildman–Crippen LogP) is 4.59. The molecule has 3 aromatic carbocycles. The molecule has 0 radical (unpaired) electrons. The highest BCUT2D eigenvalue weighted by Gasteiger charge is 2.15. The highest BCUT2D eigenvalue weighted by Crippen LogP contribution is 2.12. The number of hydrogen-bond donors (Lipinski definition) is 1. The van der Waals surface area contributed by atoms with E-state index in [1.807, 2.05) is 68.4 Å². The molecule has 0 atom stereocenters. The summed E-state index contributed by atoms with van der Waals surface area (Å²) in [7, 11) is 0. The molecule has 3 rings (SSSR count). The van der Waals surface area contributed by atoms with Crippen molar-refractivity contribution >= 4 is 11.8 Å². The minimum Gasteiger partial charge on any atom is -0.348 e. The van der Waals surface area contributed by atoms with Gasteiger partial charge in [0.2, 0.25) is 0 Å². The maximum Gasteiger partial charge on any atom is 0.254 e. The third-order valence-electron chi connectivity index (χ3n) is 4.98. The van der Waals surface area contributed by atoms with E-state index in [2.05, 4.69) is 5.32 Å². The molecular formula is C25H26N2O2. The molecule has 29 heavy (non-hydrogen) atoms. The molecule has 0 unspecified atom stereocenters. The molecule has 4 heteroatoms. The number of benzene rings is 3. The molecule has 4 nitrogen and oxygen atoms in total. The first kappa shape index (κ1) is 20.3. The smallest absolute Gasteiger partial charge is 0.254 e. The van der Waals surface area contributed by atoms with Crippen molar-refractivity contribution in [3.05, 3.63) is 107 Å². The summed E-state index contributed by atoms with van der Waals surface area (Å²) in [5.74, 6) is -0.188. The summed E-state index contributed by atoms with van der Waals surface area (Å²) in [6, 6.07) is 24.7. The number of rotatable bonds is 7. The van der Waals surface area contributed by atoms with Gasteiger partial charge >= 0.3 is 0 Å². The topological polar surface area (TPSA) is 49.4 Å². The largest absolute Gasteiger partial charge is 0.348 e. The Morgan fingerprint density at radius 1 is 0.828 bits per heavy atom. The van der Waals surface area contributed by atoms with Gasteiger partial charge in [-0.05, 0) is 54.8 Å². The van der Waals surface area contributed by atoms with E-state index >= 15 is 0 Å². The zero-order valence-corrected chi connectivity index (χ0v) is 16.9. The first-order valence-corrected chi connectivity index (χ1v) is 9.84. The third kappa shape index (κ3) is 5.32. The number of nitrogens with one attached hydrogen (secondary N) is 1. The van der Waals surface area contributed by atoms with Gasteiger partial charge in [0.1, 0.15) is 0 Å². The molecule has 0 aliphatic rings. The maximum atomic E-state index is 12.8. The van der Waals surface area contributed by atoms with Gasteiger partial charge in [-0.1, -0.05) is 54.6 Å². The Kier molecular flexibility index (Phi) is 6.80. The fourth-order valence-corrected chi connectivity index (χ4v) is 3.16. The predicted molar refractivity (Wildman–Crippen MR) is 116 cm³/mol. The number of amides is 2. The van der Waals surface area contributed by atoms with Crippen LogP contribution in [0.1, 0.15) is 44.3 Å². The summed E-state index contributed by atoms with van der Waals surface area (Å²) in [6.45, 7) is 5.65. The summed E-state index contributed by atoms with van der Waals surface area (Å²) in [5.41, 5.74) is 4.45. The first-order valence-electron chi connectivity index (χ1n) is 9.84. The molecule has 0 spiro atoms. The fourth-order valence-electron chi connectivity index (χ4n) is 3.16. The molecule has 0 bridgehead atoms. The number of carbonyl (C=O) groups is 2. The number of nitrogens with zero attached hydrogens (tertiary/aromatic N) is 1. The lowest BCUT2D eigenvalue weighted by Gasteiger charge is -2.21. The Labute approximate surface area is 172 Å². The molecule has 0 aliphatic heterocycles. The summed E-state index contributed by atoms with van der Waals surface area (Å²) >= 11 is 0. The van der Waals surface area contributed by atoms with Crippen LogP contribution in [0.25, 0.3) is 0 Å². The minimum absolute atomic E-state index is 0.0387. The summed E-state index contributed by atoms with van der Waals surface area (Å²) < 4.78 is 0. The lowest BCUT2D eigenvalue weighted by Crippen LogP contribution is -2.30. The van der Waals surface area contributed by atoms with E-state index in [1.165, 1.54) is 0 Å². The van der Waals surface area contributed by atoms with Crippen LogP contribution in [0.5, 0.6) is 0 Å². The van der Waals surface area contributed by atoms with E-state index in [-0.39, 0.29) is 11.8 Å². The maximum absolute atomic E-state index is 12.8. The Morgan fingerprint density at radius 2 is 1.45 bits per heavy atom. The molecule has 0 aliphatic carbocycles. The van der Waals surface area contributed by atoms with Gasteiger partial charge in [-0.15, -0.1) is 0 Å². The average molecular weight is 386 g/mol. The molecule has 0 heterocycles. The van der Waals surface area contributed by atoms with Gasteiger partial charge in [-0.2, -0.15) is 0 Å². The van der Waals surface area contributed by atoms with Gasteiger partial charge in [0.05, 0.1) is 0 Å². The number of aryl methyl sites for hydroxylation is 1. The van der Waals surface area contributed by atoms with Crippen molar-refractivity contribution in [2.75, 3.05) is 6.54 Å². The van der Waals surface area contributed by atoms with Crippen LogP contribution in [-0.2, 0) is 13.1 Å². The monoisotopic (exact) mass is 386 g/mol. The van der Waals surface area contributed by atoms with Crippen molar-refractivity contribution in [2.45, 2.75) is 26.9 Å². The summed E-state index contributed by atoms with van der Waals surface area (Å²) in [4.78, 5) is 27.1. The Bertz CT molecular complexity index is 966. The lowest BCUT2D eigenvalue weighted by molar-refractivity contribution is 0.0752. The van der Waals surface area contributed by atoms with Gasteiger partial charge in [-0.25, -0.2) is 0 Å². The van der Waals surface area contributed by atoms with Crippen molar-refractivity contribution in [1.29, 1.82) is 0 Å². The highest BCUT2D eigenvalue weighted by molar-refractivity contribution is 5.97. The quantitative estimate of drug-likeness (QED) is 0.646. The molecule has 0 fully saturated rings. The molecule has 0 saturated carbocycles. The second-order valence-corrected chi connectivity index (χ2v) is 6.99. The minimum atomic E-state index is -0.149. The SMILES string of the molecule is CCN(Cc1ccccc1)C(=O)c1ccc(C(=O)NCc2ccccc2C)cc1. The van der Waals surface area contributed by atoms with Crippen molar-refractivity contribution < 1.29 is 9.59 Å². The van der Waals surface area contributed by atoms with Gasteiger partial charge in [0, 0.05) is 30.8 Å². The normalized spacial score (nSPS) is 10.4. The van der Waals surface area contributed by atoms with E-state index in [0.29, 0.717) is 30.8 Å².